The number of aromatic carboxylic acids is 1. The first-order chi connectivity index (χ1) is 12.1. The summed E-state index contributed by atoms with van der Waals surface area (Å²) in [6.07, 6.45) is 0. The monoisotopic (exact) mass is 371 g/mol. The number of carboxylic acid groups (broad SMARTS) is 1. The molecule has 26 heavy (non-hydrogen) atoms. The Balaban J connectivity index is 0.000000290. The number of hydrogen-bond acceptors (Lipinski definition) is 6. The Hall–Kier alpha value is -3.45. The zero-order chi connectivity index (χ0) is 18.1. The molecule has 0 radical (unpaired) electrons. The van der Waals surface area contributed by atoms with Gasteiger partial charge < -0.3 is 16.6 Å². The number of carboxylic acids is 1. The van der Waals surface area contributed by atoms with E-state index in [2.05, 4.69) is 15.2 Å². The lowest BCUT2D eigenvalue weighted by Gasteiger charge is -1.98. The molecule has 0 saturated heterocycles. The lowest BCUT2D eigenvalue weighted by atomic mass is 10.2. The molecule has 0 fully saturated rings. The molecular weight excluding hydrogens is 354 g/mol. The van der Waals surface area contributed by atoms with Gasteiger partial charge in [-0.25, -0.2) is 9.78 Å². The summed E-state index contributed by atoms with van der Waals surface area (Å²) in [5, 5.41) is 16.4. The van der Waals surface area contributed by atoms with Crippen LogP contribution in [-0.2, 0) is 0 Å². The van der Waals surface area contributed by atoms with Crippen LogP contribution in [0.25, 0.3) is 0 Å². The molecule has 0 aliphatic rings. The molecule has 0 amide bonds. The summed E-state index contributed by atoms with van der Waals surface area (Å²) in [6, 6.07) is 21.0. The van der Waals surface area contributed by atoms with E-state index in [4.69, 9.17) is 16.6 Å². The molecule has 0 aliphatic carbocycles. The van der Waals surface area contributed by atoms with Crippen molar-refractivity contribution in [2.45, 2.75) is 0 Å². The molecular formula is C18H18ClN5O2. The molecule has 8 heteroatoms. The van der Waals surface area contributed by atoms with Crippen LogP contribution in [0, 0.1) is 0 Å². The van der Waals surface area contributed by atoms with E-state index in [0.29, 0.717) is 17.1 Å². The van der Waals surface area contributed by atoms with Crippen molar-refractivity contribution in [1.29, 1.82) is 0 Å². The number of azo groups is 1. The van der Waals surface area contributed by atoms with Crippen LogP contribution in [0.4, 0.5) is 23.0 Å². The predicted octanol–water partition coefficient (Wildman–Crippen LogP) is 4.47. The zero-order valence-corrected chi connectivity index (χ0v) is 14.5. The average Bonchev–Trinajstić information content (AvgIpc) is 2.63. The van der Waals surface area contributed by atoms with Crippen molar-refractivity contribution in [2.75, 3.05) is 11.5 Å². The molecule has 0 saturated carbocycles. The number of nitrogens with zero attached hydrogens (tertiary/aromatic N) is 3. The minimum atomic E-state index is -0.879. The molecule has 3 aromatic rings. The Bertz CT molecular complexity index is 858. The van der Waals surface area contributed by atoms with Crippen LogP contribution in [0.5, 0.6) is 0 Å². The van der Waals surface area contributed by atoms with E-state index in [1.54, 1.807) is 42.5 Å². The van der Waals surface area contributed by atoms with Crippen molar-refractivity contribution in [3.8, 4) is 0 Å². The molecule has 0 spiro atoms. The number of halogens is 1. The highest BCUT2D eigenvalue weighted by atomic mass is 35.5. The molecule has 0 atom stereocenters. The van der Waals surface area contributed by atoms with Gasteiger partial charge >= 0.3 is 5.97 Å². The maximum Gasteiger partial charge on any atom is 0.335 e. The van der Waals surface area contributed by atoms with Gasteiger partial charge in [-0.1, -0.05) is 36.4 Å². The fraction of sp³-hybridized carbons (Fsp3) is 0. The van der Waals surface area contributed by atoms with Gasteiger partial charge in [-0.3, -0.25) is 0 Å². The zero-order valence-electron chi connectivity index (χ0n) is 13.7. The van der Waals surface area contributed by atoms with E-state index < -0.39 is 5.97 Å². The Morgan fingerprint density at radius 2 is 1.42 bits per heavy atom. The minimum absolute atomic E-state index is 0. The third kappa shape index (κ3) is 6.58. The van der Waals surface area contributed by atoms with Crippen molar-refractivity contribution in [1.82, 2.24) is 4.98 Å². The van der Waals surface area contributed by atoms with Crippen molar-refractivity contribution in [2.24, 2.45) is 10.2 Å². The molecule has 134 valence electrons. The van der Waals surface area contributed by atoms with Gasteiger partial charge in [-0.2, -0.15) is 5.11 Å². The Morgan fingerprint density at radius 3 is 1.92 bits per heavy atom. The second kappa shape index (κ2) is 10.4. The highest BCUT2D eigenvalue weighted by Gasteiger charge is 1.99. The van der Waals surface area contributed by atoms with E-state index in [-0.39, 0.29) is 18.2 Å². The van der Waals surface area contributed by atoms with E-state index in [1.807, 2.05) is 30.3 Å². The molecule has 1 aromatic heterocycles. The predicted molar refractivity (Wildman–Crippen MR) is 104 cm³/mol. The lowest BCUT2D eigenvalue weighted by molar-refractivity contribution is 0.0697. The third-order valence-electron chi connectivity index (χ3n) is 2.97. The van der Waals surface area contributed by atoms with Gasteiger partial charge in [0.1, 0.15) is 11.5 Å². The van der Waals surface area contributed by atoms with Crippen molar-refractivity contribution in [3.63, 3.8) is 0 Å². The number of benzene rings is 2. The lowest BCUT2D eigenvalue weighted by Crippen LogP contribution is -1.95. The van der Waals surface area contributed by atoms with Crippen molar-refractivity contribution >= 4 is 41.4 Å². The molecule has 3 rings (SSSR count). The first kappa shape index (κ1) is 20.6. The molecule has 7 nitrogen and oxygen atoms in total. The summed E-state index contributed by atoms with van der Waals surface area (Å²) in [7, 11) is 0. The van der Waals surface area contributed by atoms with Gasteiger partial charge in [0.2, 0.25) is 0 Å². The molecule has 0 unspecified atom stereocenters. The fourth-order valence-corrected chi connectivity index (χ4v) is 1.75. The van der Waals surface area contributed by atoms with Crippen LogP contribution >= 0.6 is 12.4 Å². The second-order valence-corrected chi connectivity index (χ2v) is 4.85. The smallest absolute Gasteiger partial charge is 0.335 e. The van der Waals surface area contributed by atoms with Gasteiger partial charge in [-0.05, 0) is 36.4 Å². The molecule has 2 aromatic carbocycles. The van der Waals surface area contributed by atoms with E-state index in [0.717, 1.165) is 5.69 Å². The third-order valence-corrected chi connectivity index (χ3v) is 2.97. The molecule has 5 N–H and O–H groups in total. The summed E-state index contributed by atoms with van der Waals surface area (Å²) in [5.41, 5.74) is 12.7. The van der Waals surface area contributed by atoms with Gasteiger partial charge in [0.25, 0.3) is 0 Å². The Morgan fingerprint density at radius 1 is 0.846 bits per heavy atom. The number of nitrogen functional groups attached to an aromatic ring is 2. The van der Waals surface area contributed by atoms with Gasteiger partial charge in [0.15, 0.2) is 5.82 Å². The van der Waals surface area contributed by atoms with Gasteiger partial charge in [0, 0.05) is 0 Å². The summed E-state index contributed by atoms with van der Waals surface area (Å²) in [4.78, 5) is 14.1. The number of nitrogens with two attached hydrogens (primary N) is 2. The standard InChI is InChI=1S/C11H11N5.C7H6O2.ClH/c12-10-7-6-9(11(13)14-10)16-15-8-4-2-1-3-5-8;8-7(9)6-4-2-1-3-5-6;/h1-7H,(H4,12,13,14);1-5H,(H,8,9);1H. The van der Waals surface area contributed by atoms with E-state index in [1.165, 1.54) is 0 Å². The number of rotatable bonds is 3. The normalized spacial score (nSPS) is 9.69. The van der Waals surface area contributed by atoms with E-state index in [9.17, 15) is 4.79 Å². The van der Waals surface area contributed by atoms with Crippen LogP contribution in [0.2, 0.25) is 0 Å². The minimum Gasteiger partial charge on any atom is -0.478 e. The number of pyridine rings is 1. The highest BCUT2D eigenvalue weighted by molar-refractivity contribution is 5.87. The van der Waals surface area contributed by atoms with Crippen LogP contribution in [-0.4, -0.2) is 16.1 Å². The number of carbonyl (C=O) groups is 1. The van der Waals surface area contributed by atoms with Crippen LogP contribution in [0.1, 0.15) is 10.4 Å². The Labute approximate surface area is 156 Å². The number of hydrogen-bond donors (Lipinski definition) is 3. The summed E-state index contributed by atoms with van der Waals surface area (Å²) >= 11 is 0. The summed E-state index contributed by atoms with van der Waals surface area (Å²) < 4.78 is 0. The Kier molecular flexibility index (Phi) is 8.26. The summed E-state index contributed by atoms with van der Waals surface area (Å²) in [6.45, 7) is 0. The van der Waals surface area contributed by atoms with Crippen LogP contribution in [0.3, 0.4) is 0 Å². The van der Waals surface area contributed by atoms with Gasteiger partial charge in [-0.15, -0.1) is 17.5 Å². The van der Waals surface area contributed by atoms with Crippen LogP contribution in [0.15, 0.2) is 83.0 Å². The SMILES string of the molecule is Cl.Nc1ccc(N=Nc2ccccc2)c(N)n1.O=C(O)c1ccccc1. The van der Waals surface area contributed by atoms with Gasteiger partial charge in [0.05, 0.1) is 11.3 Å². The van der Waals surface area contributed by atoms with Crippen LogP contribution < -0.4 is 11.5 Å². The summed E-state index contributed by atoms with van der Waals surface area (Å²) in [5.74, 6) is -0.230. The van der Waals surface area contributed by atoms with Crippen molar-refractivity contribution in [3.05, 3.63) is 78.4 Å². The maximum atomic E-state index is 10.2. The van der Waals surface area contributed by atoms with E-state index >= 15 is 0 Å². The number of anilines is 2. The first-order valence-corrected chi connectivity index (χ1v) is 7.33. The second-order valence-electron chi connectivity index (χ2n) is 4.85. The first-order valence-electron chi connectivity index (χ1n) is 7.33. The number of aromatic nitrogens is 1. The quantitative estimate of drug-likeness (QED) is 0.585. The van der Waals surface area contributed by atoms with Crippen molar-refractivity contribution < 1.29 is 9.90 Å². The largest absolute Gasteiger partial charge is 0.478 e. The average molecular weight is 372 g/mol. The molecule has 1 heterocycles. The molecule has 0 bridgehead atoms. The highest BCUT2D eigenvalue weighted by Crippen LogP contribution is 2.23. The fourth-order valence-electron chi connectivity index (χ4n) is 1.75. The maximum absolute atomic E-state index is 10.2. The molecule has 0 aliphatic heterocycles. The topological polar surface area (TPSA) is 127 Å².